The first-order chi connectivity index (χ1) is 9.65. The fourth-order valence-corrected chi connectivity index (χ4v) is 1.98. The lowest BCUT2D eigenvalue weighted by molar-refractivity contribution is -0.453. The van der Waals surface area contributed by atoms with E-state index in [0.717, 1.165) is 31.2 Å². The van der Waals surface area contributed by atoms with Crippen LogP contribution in [0.3, 0.4) is 0 Å². The normalized spacial score (nSPS) is 14.8. The first-order valence-corrected chi connectivity index (χ1v) is 6.48. The summed E-state index contributed by atoms with van der Waals surface area (Å²) in [5.41, 5.74) is 1.31. The van der Waals surface area contributed by atoms with Crippen LogP contribution in [-0.2, 0) is 19.6 Å². The lowest BCUT2D eigenvalue weighted by atomic mass is 10.2. The third kappa shape index (κ3) is 4.24. The lowest BCUT2D eigenvalue weighted by Crippen LogP contribution is -2.17. The first-order valence-electron chi connectivity index (χ1n) is 6.48. The molecule has 1 aliphatic rings. The number of aryl methyl sites for hydroxylation is 1. The summed E-state index contributed by atoms with van der Waals surface area (Å²) >= 11 is 0. The highest BCUT2D eigenvalue weighted by atomic mass is 17.5. The summed E-state index contributed by atoms with van der Waals surface area (Å²) in [7, 11) is 0. The van der Waals surface area contributed by atoms with Crippen molar-refractivity contribution in [2.75, 3.05) is 0 Å². The molecular formula is C14H16O6. The van der Waals surface area contributed by atoms with Gasteiger partial charge in [-0.1, -0.05) is 17.7 Å². The molecule has 1 aromatic rings. The van der Waals surface area contributed by atoms with E-state index in [1.54, 1.807) is 24.3 Å². The van der Waals surface area contributed by atoms with Gasteiger partial charge in [-0.15, -0.1) is 0 Å². The third-order valence-corrected chi connectivity index (χ3v) is 3.06. The Balaban J connectivity index is 1.68. The van der Waals surface area contributed by atoms with E-state index >= 15 is 0 Å². The van der Waals surface area contributed by atoms with Crippen LogP contribution < -0.4 is 0 Å². The molecule has 20 heavy (non-hydrogen) atoms. The fraction of sp³-hybridized carbons (Fsp3) is 0.429. The molecular weight excluding hydrogens is 264 g/mol. The molecule has 1 aromatic carbocycles. The molecule has 6 heteroatoms. The molecule has 0 aliphatic heterocycles. The smallest absolute Gasteiger partial charge is 0.429 e. The van der Waals surface area contributed by atoms with E-state index in [2.05, 4.69) is 14.8 Å². The molecule has 2 rings (SSSR count). The Morgan fingerprint density at radius 1 is 1.05 bits per heavy atom. The number of carbonyl (C=O) groups is 2. The SMILES string of the molecule is Cc1ccc(C(=O)OOOC(=O)OC2CCCC2)cc1. The van der Waals surface area contributed by atoms with Crippen molar-refractivity contribution in [1.82, 2.24) is 0 Å². The maximum absolute atomic E-state index is 11.5. The van der Waals surface area contributed by atoms with Gasteiger partial charge in [-0.25, -0.2) is 14.5 Å². The topological polar surface area (TPSA) is 71.1 Å². The fourth-order valence-electron chi connectivity index (χ4n) is 1.98. The summed E-state index contributed by atoms with van der Waals surface area (Å²) < 4.78 is 4.94. The molecule has 0 unspecified atom stereocenters. The second-order valence-corrected chi connectivity index (χ2v) is 4.66. The van der Waals surface area contributed by atoms with Gasteiger partial charge in [-0.2, -0.15) is 0 Å². The van der Waals surface area contributed by atoms with Crippen molar-refractivity contribution in [2.45, 2.75) is 38.7 Å². The maximum Gasteiger partial charge on any atom is 0.543 e. The predicted octanol–water partition coefficient (Wildman–Crippen LogP) is 3.09. The van der Waals surface area contributed by atoms with E-state index in [0.29, 0.717) is 5.56 Å². The molecule has 108 valence electrons. The first kappa shape index (κ1) is 14.3. The minimum atomic E-state index is -1.01. The number of hydrogen-bond acceptors (Lipinski definition) is 6. The molecule has 0 saturated heterocycles. The van der Waals surface area contributed by atoms with Crippen molar-refractivity contribution in [3.05, 3.63) is 35.4 Å². The summed E-state index contributed by atoms with van der Waals surface area (Å²) in [6.07, 6.45) is 2.55. The van der Waals surface area contributed by atoms with Gasteiger partial charge >= 0.3 is 12.1 Å². The highest BCUT2D eigenvalue weighted by Crippen LogP contribution is 2.21. The summed E-state index contributed by atoms with van der Waals surface area (Å²) in [5, 5.41) is 4.13. The molecule has 1 aliphatic carbocycles. The van der Waals surface area contributed by atoms with Gasteiger partial charge in [0, 0.05) is 0 Å². The van der Waals surface area contributed by atoms with E-state index in [9.17, 15) is 9.59 Å². The third-order valence-electron chi connectivity index (χ3n) is 3.06. The minimum Gasteiger partial charge on any atom is -0.429 e. The molecule has 0 bridgehead atoms. The van der Waals surface area contributed by atoms with E-state index in [-0.39, 0.29) is 6.10 Å². The van der Waals surface area contributed by atoms with Gasteiger partial charge in [-0.3, -0.25) is 4.89 Å². The highest BCUT2D eigenvalue weighted by Gasteiger charge is 2.21. The second kappa shape index (κ2) is 6.91. The van der Waals surface area contributed by atoms with E-state index in [1.165, 1.54) is 0 Å². The average Bonchev–Trinajstić information content (AvgIpc) is 2.92. The maximum atomic E-state index is 11.5. The highest BCUT2D eigenvalue weighted by molar-refractivity contribution is 5.88. The molecule has 0 atom stereocenters. The Morgan fingerprint density at radius 3 is 2.35 bits per heavy atom. The van der Waals surface area contributed by atoms with Crippen LogP contribution in [0.4, 0.5) is 4.79 Å². The number of benzene rings is 1. The van der Waals surface area contributed by atoms with Gasteiger partial charge in [0.15, 0.2) is 0 Å². The van der Waals surface area contributed by atoms with Crippen molar-refractivity contribution < 1.29 is 29.1 Å². The van der Waals surface area contributed by atoms with Gasteiger partial charge in [0.1, 0.15) is 6.10 Å². The van der Waals surface area contributed by atoms with Crippen molar-refractivity contribution in [3.63, 3.8) is 0 Å². The number of ether oxygens (including phenoxy) is 1. The van der Waals surface area contributed by atoms with Crippen molar-refractivity contribution in [1.29, 1.82) is 0 Å². The Morgan fingerprint density at radius 2 is 1.70 bits per heavy atom. The molecule has 1 fully saturated rings. The molecule has 0 spiro atoms. The lowest BCUT2D eigenvalue weighted by Gasteiger charge is -2.09. The zero-order valence-corrected chi connectivity index (χ0v) is 11.2. The molecule has 1 saturated carbocycles. The minimum absolute atomic E-state index is 0.140. The summed E-state index contributed by atoms with van der Waals surface area (Å²) in [6.45, 7) is 1.90. The predicted molar refractivity (Wildman–Crippen MR) is 67.5 cm³/mol. The van der Waals surface area contributed by atoms with Gasteiger partial charge < -0.3 is 4.74 Å². The number of hydrogen-bond donors (Lipinski definition) is 0. The summed E-state index contributed by atoms with van der Waals surface area (Å²) in [4.78, 5) is 31.3. The molecule has 0 heterocycles. The standard InChI is InChI=1S/C14H16O6/c1-10-6-8-11(9-7-10)13(15)18-20-19-14(16)17-12-4-2-3-5-12/h6-9,12H,2-5H2,1H3. The Bertz CT molecular complexity index is 461. The second-order valence-electron chi connectivity index (χ2n) is 4.66. The Labute approximate surface area is 116 Å². The molecule has 0 N–H and O–H groups in total. The molecule has 0 aromatic heterocycles. The molecule has 6 nitrogen and oxygen atoms in total. The quantitative estimate of drug-likeness (QED) is 0.479. The van der Waals surface area contributed by atoms with E-state index < -0.39 is 12.1 Å². The van der Waals surface area contributed by atoms with Crippen molar-refractivity contribution >= 4 is 12.1 Å². The van der Waals surface area contributed by atoms with Gasteiger partial charge in [-0.05, 0) is 44.7 Å². The number of rotatable bonds is 4. The van der Waals surface area contributed by atoms with Gasteiger partial charge in [0.2, 0.25) is 0 Å². The zero-order chi connectivity index (χ0) is 14.4. The van der Waals surface area contributed by atoms with Crippen LogP contribution in [0.5, 0.6) is 0 Å². The Hall–Kier alpha value is -2.08. The van der Waals surface area contributed by atoms with Crippen LogP contribution in [0.1, 0.15) is 41.6 Å². The van der Waals surface area contributed by atoms with E-state index in [4.69, 9.17) is 4.74 Å². The molecule has 0 radical (unpaired) electrons. The van der Waals surface area contributed by atoms with E-state index in [1.807, 2.05) is 6.92 Å². The summed E-state index contributed by atoms with van der Waals surface area (Å²) in [5.74, 6) is -0.751. The Kier molecular flexibility index (Phi) is 4.95. The van der Waals surface area contributed by atoms with Gasteiger partial charge in [0.05, 0.1) is 10.6 Å². The largest absolute Gasteiger partial charge is 0.543 e. The van der Waals surface area contributed by atoms with Crippen molar-refractivity contribution in [2.24, 2.45) is 0 Å². The summed E-state index contributed by atoms with van der Waals surface area (Å²) in [6, 6.07) is 6.67. The van der Waals surface area contributed by atoms with Crippen LogP contribution in [0.25, 0.3) is 0 Å². The van der Waals surface area contributed by atoms with Gasteiger partial charge in [0.25, 0.3) is 0 Å². The van der Waals surface area contributed by atoms with Crippen LogP contribution >= 0.6 is 0 Å². The van der Waals surface area contributed by atoms with Crippen LogP contribution in [0.2, 0.25) is 0 Å². The number of carbonyl (C=O) groups excluding carboxylic acids is 2. The zero-order valence-electron chi connectivity index (χ0n) is 11.2. The van der Waals surface area contributed by atoms with Crippen LogP contribution in [0.15, 0.2) is 24.3 Å². The van der Waals surface area contributed by atoms with Crippen LogP contribution in [0, 0.1) is 6.92 Å². The molecule has 0 amide bonds. The monoisotopic (exact) mass is 280 g/mol. The van der Waals surface area contributed by atoms with Crippen molar-refractivity contribution in [3.8, 4) is 0 Å². The average molecular weight is 280 g/mol. The van der Waals surface area contributed by atoms with Crippen LogP contribution in [-0.4, -0.2) is 18.2 Å².